The highest BCUT2D eigenvalue weighted by Crippen LogP contribution is 2.39. The lowest BCUT2D eigenvalue weighted by atomic mass is 10.0. The van der Waals surface area contributed by atoms with Crippen molar-refractivity contribution in [1.82, 2.24) is 0 Å². The Morgan fingerprint density at radius 1 is 0.923 bits per heavy atom. The fourth-order valence-electron chi connectivity index (χ4n) is 3.83. The predicted molar refractivity (Wildman–Crippen MR) is 139 cm³/mol. The van der Waals surface area contributed by atoms with Crippen LogP contribution in [0.5, 0.6) is 23.0 Å². The molecule has 202 valence electrons. The smallest absolute Gasteiger partial charge is 0.450 e. The molecule has 0 radical (unpaired) electrons. The minimum absolute atomic E-state index is 0.00481. The molecule has 1 aromatic heterocycles. The van der Waals surface area contributed by atoms with Gasteiger partial charge >= 0.3 is 12.1 Å². The number of carbonyl (C=O) groups excluding carboxylic acids is 1. The molecular formula is C28H20ClF3O7. The van der Waals surface area contributed by atoms with Gasteiger partial charge in [0, 0.05) is 17.2 Å². The first-order valence-electron chi connectivity index (χ1n) is 11.2. The average Bonchev–Trinajstić information content (AvgIpc) is 2.91. The number of methoxy groups -OCH3 is 3. The molecule has 0 atom stereocenters. The second kappa shape index (κ2) is 11.1. The summed E-state index contributed by atoms with van der Waals surface area (Å²) in [5.41, 5.74) is -1.43. The monoisotopic (exact) mass is 560 g/mol. The van der Waals surface area contributed by atoms with Crippen LogP contribution in [0.4, 0.5) is 13.2 Å². The molecule has 4 aromatic rings. The van der Waals surface area contributed by atoms with Gasteiger partial charge in [-0.1, -0.05) is 23.7 Å². The van der Waals surface area contributed by atoms with Gasteiger partial charge in [0.15, 0.2) is 11.5 Å². The number of benzene rings is 3. The Morgan fingerprint density at radius 3 is 2.13 bits per heavy atom. The van der Waals surface area contributed by atoms with E-state index in [0.29, 0.717) is 27.8 Å². The summed E-state index contributed by atoms with van der Waals surface area (Å²) in [6.07, 6.45) is -2.45. The van der Waals surface area contributed by atoms with Crippen molar-refractivity contribution >= 4 is 34.6 Å². The van der Waals surface area contributed by atoms with Crippen LogP contribution in [-0.4, -0.2) is 27.3 Å². The van der Waals surface area contributed by atoms with Crippen LogP contribution in [0.1, 0.15) is 11.3 Å². The van der Waals surface area contributed by atoms with Gasteiger partial charge in [-0.15, -0.1) is 0 Å². The molecule has 0 amide bonds. The number of carbonyl (C=O) groups is 1. The molecule has 0 bridgehead atoms. The topological polar surface area (TPSA) is 84.2 Å². The number of hydrogen-bond donors (Lipinski definition) is 0. The molecule has 0 aliphatic carbocycles. The van der Waals surface area contributed by atoms with E-state index in [1.165, 1.54) is 63.8 Å². The van der Waals surface area contributed by atoms with Crippen LogP contribution in [0.15, 0.2) is 69.9 Å². The van der Waals surface area contributed by atoms with Gasteiger partial charge < -0.3 is 23.4 Å². The van der Waals surface area contributed by atoms with Gasteiger partial charge in [-0.3, -0.25) is 4.79 Å². The number of rotatable bonds is 7. The third kappa shape index (κ3) is 5.85. The molecule has 0 aliphatic heterocycles. The molecule has 39 heavy (non-hydrogen) atoms. The highest BCUT2D eigenvalue weighted by Gasteiger charge is 2.39. The molecule has 0 aliphatic rings. The zero-order chi connectivity index (χ0) is 28.3. The summed E-state index contributed by atoms with van der Waals surface area (Å²) in [6.45, 7) is 0. The maximum absolute atomic E-state index is 13.9. The highest BCUT2D eigenvalue weighted by atomic mass is 35.5. The van der Waals surface area contributed by atoms with Crippen molar-refractivity contribution in [3.8, 4) is 34.1 Å². The first kappa shape index (κ1) is 27.6. The molecule has 0 saturated heterocycles. The number of ether oxygens (including phenoxy) is 4. The molecular weight excluding hydrogens is 541 g/mol. The zero-order valence-corrected chi connectivity index (χ0v) is 21.5. The molecule has 0 unspecified atom stereocenters. The minimum Gasteiger partial charge on any atom is -0.493 e. The van der Waals surface area contributed by atoms with E-state index < -0.39 is 34.5 Å². The molecule has 4 rings (SSSR count). The molecule has 0 saturated carbocycles. The Kier molecular flexibility index (Phi) is 7.87. The number of hydrogen-bond acceptors (Lipinski definition) is 7. The van der Waals surface area contributed by atoms with Crippen molar-refractivity contribution in [3.05, 3.63) is 87.2 Å². The van der Waals surface area contributed by atoms with Crippen LogP contribution in [0.3, 0.4) is 0 Å². The summed E-state index contributed by atoms with van der Waals surface area (Å²) in [7, 11) is 4.34. The van der Waals surface area contributed by atoms with E-state index >= 15 is 0 Å². The van der Waals surface area contributed by atoms with E-state index in [-0.39, 0.29) is 16.7 Å². The third-order valence-electron chi connectivity index (χ3n) is 5.57. The first-order valence-corrected chi connectivity index (χ1v) is 11.6. The Bertz CT molecular complexity index is 1600. The maximum atomic E-state index is 13.9. The van der Waals surface area contributed by atoms with E-state index in [1.54, 1.807) is 12.1 Å². The first-order chi connectivity index (χ1) is 18.5. The molecule has 0 fully saturated rings. The van der Waals surface area contributed by atoms with Gasteiger partial charge in [0.05, 0.1) is 32.3 Å². The van der Waals surface area contributed by atoms with Gasteiger partial charge in [0.1, 0.15) is 11.3 Å². The Morgan fingerprint density at radius 2 is 1.56 bits per heavy atom. The molecule has 11 heteroatoms. The fourth-order valence-corrected chi connectivity index (χ4v) is 3.95. The Labute approximate surface area is 224 Å². The summed E-state index contributed by atoms with van der Waals surface area (Å²) in [5, 5.41) is 0.170. The molecule has 7 nitrogen and oxygen atoms in total. The second-order valence-electron chi connectivity index (χ2n) is 8.01. The summed E-state index contributed by atoms with van der Waals surface area (Å²) in [5.74, 6) is -1.33. The fraction of sp³-hybridized carbons (Fsp3) is 0.143. The lowest BCUT2D eigenvalue weighted by Gasteiger charge is -2.13. The number of alkyl halides is 3. The van der Waals surface area contributed by atoms with Crippen molar-refractivity contribution in [2.24, 2.45) is 0 Å². The van der Waals surface area contributed by atoms with Crippen LogP contribution < -0.4 is 24.4 Å². The van der Waals surface area contributed by atoms with Gasteiger partial charge in [-0.05, 0) is 53.6 Å². The molecule has 0 N–H and O–H groups in total. The van der Waals surface area contributed by atoms with Gasteiger partial charge in [-0.2, -0.15) is 13.2 Å². The number of halogens is 4. The van der Waals surface area contributed by atoms with Crippen LogP contribution in [0, 0.1) is 0 Å². The summed E-state index contributed by atoms with van der Waals surface area (Å²) in [6, 6.07) is 12.1. The van der Waals surface area contributed by atoms with E-state index in [4.69, 9.17) is 35.0 Å². The summed E-state index contributed by atoms with van der Waals surface area (Å²) < 4.78 is 67.8. The van der Waals surface area contributed by atoms with Crippen LogP contribution in [0.25, 0.3) is 28.2 Å². The Balaban J connectivity index is 1.66. The maximum Gasteiger partial charge on any atom is 0.450 e. The highest BCUT2D eigenvalue weighted by molar-refractivity contribution is 6.30. The molecule has 3 aromatic carbocycles. The normalized spacial score (nSPS) is 11.6. The van der Waals surface area contributed by atoms with Crippen molar-refractivity contribution in [2.75, 3.05) is 21.3 Å². The lowest BCUT2D eigenvalue weighted by molar-refractivity contribution is -0.152. The zero-order valence-electron chi connectivity index (χ0n) is 20.7. The van der Waals surface area contributed by atoms with E-state index in [9.17, 15) is 22.8 Å². The van der Waals surface area contributed by atoms with Crippen molar-refractivity contribution in [2.45, 2.75) is 6.18 Å². The summed E-state index contributed by atoms with van der Waals surface area (Å²) >= 11 is 5.83. The molecule has 1 heterocycles. The minimum atomic E-state index is -4.97. The van der Waals surface area contributed by atoms with Crippen molar-refractivity contribution in [1.29, 1.82) is 0 Å². The van der Waals surface area contributed by atoms with E-state index in [0.717, 1.165) is 12.1 Å². The molecule has 0 spiro atoms. The lowest BCUT2D eigenvalue weighted by Crippen LogP contribution is -2.16. The predicted octanol–water partition coefficient (Wildman–Crippen LogP) is 6.78. The number of esters is 1. The average molecular weight is 561 g/mol. The Hall–Kier alpha value is -4.44. The standard InChI is InChI=1S/C28H20ClF3O7/c1-35-21-12-15(13-22(36-2)26(21)37-3)4-11-23(33)38-18-9-10-19-20(14-18)39-27(28(30,31)32)24(25(19)34)16-5-7-17(29)8-6-16/h4-14H,1-3H3. The summed E-state index contributed by atoms with van der Waals surface area (Å²) in [4.78, 5) is 25.5. The quantitative estimate of drug-likeness (QED) is 0.140. The van der Waals surface area contributed by atoms with Gasteiger partial charge in [-0.25, -0.2) is 4.79 Å². The van der Waals surface area contributed by atoms with Crippen molar-refractivity contribution in [3.63, 3.8) is 0 Å². The van der Waals surface area contributed by atoms with E-state index in [2.05, 4.69) is 0 Å². The van der Waals surface area contributed by atoms with Crippen molar-refractivity contribution < 1.29 is 41.3 Å². The SMILES string of the molecule is COc1cc(C=CC(=O)Oc2ccc3c(=O)c(-c4ccc(Cl)cc4)c(C(F)(F)F)oc3c2)cc(OC)c1OC. The van der Waals surface area contributed by atoms with Crippen LogP contribution >= 0.6 is 11.6 Å². The largest absolute Gasteiger partial charge is 0.493 e. The second-order valence-corrected chi connectivity index (χ2v) is 8.45. The van der Waals surface area contributed by atoms with Crippen LogP contribution in [0.2, 0.25) is 5.02 Å². The number of fused-ring (bicyclic) bond motifs is 1. The van der Waals surface area contributed by atoms with Gasteiger partial charge in [0.25, 0.3) is 0 Å². The van der Waals surface area contributed by atoms with E-state index in [1.807, 2.05) is 0 Å². The van der Waals surface area contributed by atoms with Crippen LogP contribution in [-0.2, 0) is 11.0 Å². The van der Waals surface area contributed by atoms with Gasteiger partial charge in [0.2, 0.25) is 16.9 Å². The third-order valence-corrected chi connectivity index (χ3v) is 5.82.